The predicted molar refractivity (Wildman–Crippen MR) is 91.1 cm³/mol. The van der Waals surface area contributed by atoms with E-state index in [0.29, 0.717) is 41.1 Å². The number of amides is 1. The first kappa shape index (κ1) is 17.0. The molecule has 0 atom stereocenters. The van der Waals surface area contributed by atoms with Crippen molar-refractivity contribution in [1.29, 1.82) is 0 Å². The summed E-state index contributed by atoms with van der Waals surface area (Å²) in [7, 11) is 1.56. The van der Waals surface area contributed by atoms with Crippen LogP contribution in [-0.2, 0) is 0 Å². The van der Waals surface area contributed by atoms with Crippen molar-refractivity contribution in [1.82, 2.24) is 9.97 Å². The fraction of sp³-hybridized carbons (Fsp3) is 0.312. The zero-order valence-electron chi connectivity index (χ0n) is 13.3. The normalized spacial score (nSPS) is 10.4. The van der Waals surface area contributed by atoms with E-state index in [2.05, 4.69) is 9.97 Å². The summed E-state index contributed by atoms with van der Waals surface area (Å²) < 4.78 is 5.36. The fourth-order valence-electron chi connectivity index (χ4n) is 2.23. The molecule has 23 heavy (non-hydrogen) atoms. The molecule has 0 aliphatic heterocycles. The van der Waals surface area contributed by atoms with Crippen molar-refractivity contribution in [2.24, 2.45) is 5.73 Å². The van der Waals surface area contributed by atoms with Crippen LogP contribution in [0.3, 0.4) is 0 Å². The number of halogens is 1. The zero-order chi connectivity index (χ0) is 17.0. The average Bonchev–Trinajstić information content (AvgIpc) is 2.55. The molecule has 0 saturated heterocycles. The molecule has 0 bridgehead atoms. The third kappa shape index (κ3) is 3.71. The molecular weight excluding hydrogens is 316 g/mol. The highest BCUT2D eigenvalue weighted by Gasteiger charge is 2.16. The van der Waals surface area contributed by atoms with Crippen LogP contribution < -0.4 is 15.4 Å². The van der Waals surface area contributed by atoms with Crippen molar-refractivity contribution >= 4 is 23.5 Å². The van der Waals surface area contributed by atoms with E-state index in [-0.39, 0.29) is 5.69 Å². The van der Waals surface area contributed by atoms with Crippen molar-refractivity contribution in [2.75, 3.05) is 25.1 Å². The highest BCUT2D eigenvalue weighted by molar-refractivity contribution is 6.31. The topological polar surface area (TPSA) is 81.3 Å². The summed E-state index contributed by atoms with van der Waals surface area (Å²) >= 11 is 6.08. The van der Waals surface area contributed by atoms with E-state index in [1.54, 1.807) is 31.4 Å². The molecule has 1 amide bonds. The maximum Gasteiger partial charge on any atom is 0.267 e. The molecule has 2 aromatic rings. The quantitative estimate of drug-likeness (QED) is 0.878. The van der Waals surface area contributed by atoms with Crippen molar-refractivity contribution in [3.05, 3.63) is 35.0 Å². The number of benzene rings is 1. The van der Waals surface area contributed by atoms with Crippen LogP contribution in [0, 0.1) is 0 Å². The van der Waals surface area contributed by atoms with Gasteiger partial charge in [0, 0.05) is 23.7 Å². The summed E-state index contributed by atoms with van der Waals surface area (Å²) in [5.41, 5.74) is 6.78. The third-order valence-corrected chi connectivity index (χ3v) is 3.69. The summed E-state index contributed by atoms with van der Waals surface area (Å²) in [4.78, 5) is 22.3. The van der Waals surface area contributed by atoms with Crippen LogP contribution in [-0.4, -0.2) is 36.1 Å². The number of hydrogen-bond acceptors (Lipinski definition) is 5. The Morgan fingerprint density at radius 3 is 2.52 bits per heavy atom. The molecule has 0 aliphatic rings. The van der Waals surface area contributed by atoms with Gasteiger partial charge in [0.15, 0.2) is 0 Å². The standard InChI is InChI=1S/C16H19ClN4O2/c1-4-21(5-2)16-19-12(9-13(20-16)15(18)22)11-8-10(17)6-7-14(11)23-3/h6-9H,4-5H2,1-3H3,(H2,18,22). The number of rotatable bonds is 6. The number of nitrogens with zero attached hydrogens (tertiary/aromatic N) is 3. The molecular formula is C16H19ClN4O2. The largest absolute Gasteiger partial charge is 0.496 e. The molecule has 2 rings (SSSR count). The number of primary amides is 1. The molecule has 7 heteroatoms. The van der Waals surface area contributed by atoms with Gasteiger partial charge in [0.25, 0.3) is 5.91 Å². The van der Waals surface area contributed by atoms with Gasteiger partial charge in [-0.2, -0.15) is 0 Å². The third-order valence-electron chi connectivity index (χ3n) is 3.45. The van der Waals surface area contributed by atoms with Gasteiger partial charge in [0.2, 0.25) is 5.95 Å². The Morgan fingerprint density at radius 2 is 1.96 bits per heavy atom. The Morgan fingerprint density at radius 1 is 1.26 bits per heavy atom. The first-order chi connectivity index (χ1) is 11.0. The number of aromatic nitrogens is 2. The van der Waals surface area contributed by atoms with Gasteiger partial charge in [0.05, 0.1) is 12.8 Å². The van der Waals surface area contributed by atoms with Crippen LogP contribution >= 0.6 is 11.6 Å². The van der Waals surface area contributed by atoms with Gasteiger partial charge < -0.3 is 15.4 Å². The maximum atomic E-state index is 11.6. The second-order valence-electron chi connectivity index (χ2n) is 4.82. The summed E-state index contributed by atoms with van der Waals surface area (Å²) in [5, 5.41) is 0.546. The molecule has 2 N–H and O–H groups in total. The Labute approximate surface area is 140 Å². The first-order valence-electron chi connectivity index (χ1n) is 7.27. The Balaban J connectivity index is 2.66. The molecule has 0 spiro atoms. The lowest BCUT2D eigenvalue weighted by molar-refractivity contribution is 0.0995. The molecule has 0 radical (unpaired) electrons. The number of nitrogens with two attached hydrogens (primary N) is 1. The monoisotopic (exact) mass is 334 g/mol. The lowest BCUT2D eigenvalue weighted by Gasteiger charge is -2.20. The molecule has 1 heterocycles. The Kier molecular flexibility index (Phi) is 5.39. The van der Waals surface area contributed by atoms with Gasteiger partial charge in [-0.3, -0.25) is 4.79 Å². The molecule has 1 aromatic carbocycles. The highest BCUT2D eigenvalue weighted by Crippen LogP contribution is 2.32. The van der Waals surface area contributed by atoms with Crippen molar-refractivity contribution in [3.8, 4) is 17.0 Å². The molecule has 0 aliphatic carbocycles. The van der Waals surface area contributed by atoms with E-state index in [4.69, 9.17) is 22.1 Å². The van der Waals surface area contributed by atoms with E-state index >= 15 is 0 Å². The second kappa shape index (κ2) is 7.28. The molecule has 0 saturated carbocycles. The number of anilines is 1. The van der Waals surface area contributed by atoms with Gasteiger partial charge >= 0.3 is 0 Å². The average molecular weight is 335 g/mol. The lowest BCUT2D eigenvalue weighted by atomic mass is 10.1. The van der Waals surface area contributed by atoms with E-state index in [1.807, 2.05) is 18.7 Å². The number of ether oxygens (including phenoxy) is 1. The molecule has 0 unspecified atom stereocenters. The lowest BCUT2D eigenvalue weighted by Crippen LogP contribution is -2.26. The van der Waals surface area contributed by atoms with Crippen LogP contribution in [0.2, 0.25) is 5.02 Å². The summed E-state index contributed by atoms with van der Waals surface area (Å²) in [6, 6.07) is 6.76. The van der Waals surface area contributed by atoms with E-state index in [0.717, 1.165) is 0 Å². The Hall–Kier alpha value is -2.34. The molecule has 1 aromatic heterocycles. The van der Waals surface area contributed by atoms with Gasteiger partial charge in [-0.25, -0.2) is 9.97 Å². The van der Waals surface area contributed by atoms with Crippen molar-refractivity contribution in [3.63, 3.8) is 0 Å². The van der Waals surface area contributed by atoms with E-state index in [1.165, 1.54) is 0 Å². The Bertz CT molecular complexity index is 717. The van der Waals surface area contributed by atoms with Crippen LogP contribution in [0.25, 0.3) is 11.3 Å². The maximum absolute atomic E-state index is 11.6. The smallest absolute Gasteiger partial charge is 0.267 e. The summed E-state index contributed by atoms with van der Waals surface area (Å²) in [5.74, 6) is 0.445. The summed E-state index contributed by atoms with van der Waals surface area (Å²) in [6.07, 6.45) is 0. The van der Waals surface area contributed by atoms with Gasteiger partial charge in [-0.05, 0) is 38.1 Å². The fourth-order valence-corrected chi connectivity index (χ4v) is 2.40. The summed E-state index contributed by atoms with van der Waals surface area (Å²) in [6.45, 7) is 5.41. The van der Waals surface area contributed by atoms with E-state index < -0.39 is 5.91 Å². The minimum atomic E-state index is -0.608. The van der Waals surface area contributed by atoms with Crippen LogP contribution in [0.1, 0.15) is 24.3 Å². The molecule has 0 fully saturated rings. The number of methoxy groups -OCH3 is 1. The van der Waals surface area contributed by atoms with Gasteiger partial charge in [-0.1, -0.05) is 11.6 Å². The molecule has 122 valence electrons. The van der Waals surface area contributed by atoms with Crippen molar-refractivity contribution < 1.29 is 9.53 Å². The van der Waals surface area contributed by atoms with Gasteiger partial charge in [0.1, 0.15) is 11.4 Å². The SMILES string of the molecule is CCN(CC)c1nc(C(N)=O)cc(-c2cc(Cl)ccc2OC)n1. The minimum absolute atomic E-state index is 0.152. The first-order valence-corrected chi connectivity index (χ1v) is 7.65. The minimum Gasteiger partial charge on any atom is -0.496 e. The van der Waals surface area contributed by atoms with Crippen molar-refractivity contribution in [2.45, 2.75) is 13.8 Å². The highest BCUT2D eigenvalue weighted by atomic mass is 35.5. The van der Waals surface area contributed by atoms with Gasteiger partial charge in [-0.15, -0.1) is 0 Å². The number of hydrogen-bond donors (Lipinski definition) is 1. The predicted octanol–water partition coefficient (Wildman–Crippen LogP) is 2.75. The van der Waals surface area contributed by atoms with Crippen LogP contribution in [0.4, 0.5) is 5.95 Å². The van der Waals surface area contributed by atoms with Crippen LogP contribution in [0.5, 0.6) is 5.75 Å². The number of carbonyl (C=O) groups excluding carboxylic acids is 1. The zero-order valence-corrected chi connectivity index (χ0v) is 14.1. The van der Waals surface area contributed by atoms with Crippen LogP contribution in [0.15, 0.2) is 24.3 Å². The number of carbonyl (C=O) groups is 1. The molecule has 6 nitrogen and oxygen atoms in total. The van der Waals surface area contributed by atoms with E-state index in [9.17, 15) is 4.79 Å². The second-order valence-corrected chi connectivity index (χ2v) is 5.26.